The second-order valence-corrected chi connectivity index (χ2v) is 14.9. The number of rotatable bonds is 1. The summed E-state index contributed by atoms with van der Waals surface area (Å²) in [6.07, 6.45) is 7.62. The number of hydrogen-bond donors (Lipinski definition) is 2. The molecule has 0 aromatic heterocycles. The first kappa shape index (κ1) is 29.5. The van der Waals surface area contributed by atoms with Crippen LogP contribution in [0.3, 0.4) is 0 Å². The number of aryl methyl sites for hydroxylation is 1. The summed E-state index contributed by atoms with van der Waals surface area (Å²) in [4.78, 5) is 15.6. The van der Waals surface area contributed by atoms with Gasteiger partial charge in [-0.25, -0.2) is 13.1 Å². The molecule has 2 aromatic rings. The van der Waals surface area contributed by atoms with E-state index in [4.69, 9.17) is 21.1 Å². The largest absolute Gasteiger partial charge is 0.490 e. The Bertz CT molecular complexity index is 1500. The monoisotopic (exact) mass is 614 g/mol. The zero-order valence-electron chi connectivity index (χ0n) is 24.1. The Morgan fingerprint density at radius 2 is 2.02 bits per heavy atom. The molecule has 42 heavy (non-hydrogen) atoms. The first-order valence-electron chi connectivity index (χ1n) is 14.8. The van der Waals surface area contributed by atoms with Crippen LogP contribution in [0.25, 0.3) is 0 Å². The highest BCUT2D eigenvalue weighted by Gasteiger charge is 2.44. The average molecular weight is 615 g/mol. The lowest BCUT2D eigenvalue weighted by atomic mass is 9.68. The summed E-state index contributed by atoms with van der Waals surface area (Å²) in [5.41, 5.74) is 3.28. The third kappa shape index (κ3) is 5.45. The summed E-state index contributed by atoms with van der Waals surface area (Å²) >= 11 is 6.39. The standard InChI is InChI=1S/C32H39ClN2O6S/c1-20-28(36)6-3-7-29(40-2)25-11-8-23(25)17-35-18-32(14-4-5-21-15-24(33)10-12-26(21)32)19-41-30-13-9-22(16-27(30)35)31(37)34-42(20,38)39/h3,7,9-10,12-13,15-16,20,23,25,28-29,36H,4-6,8,11,14,17-19H2,1-2H3,(H,34,37)/b7-3+/t20-,23+,25-,28+,29+,32+/m1/s1. The summed E-state index contributed by atoms with van der Waals surface area (Å²) in [5.74, 6) is 0.587. The number of nitrogens with one attached hydrogen (secondary N) is 1. The third-order valence-electron chi connectivity index (χ3n) is 9.89. The van der Waals surface area contributed by atoms with Crippen molar-refractivity contribution in [1.29, 1.82) is 0 Å². The number of carbonyl (C=O) groups is 1. The van der Waals surface area contributed by atoms with Crippen LogP contribution >= 0.6 is 11.6 Å². The normalized spacial score (nSPS) is 33.3. The highest BCUT2D eigenvalue weighted by molar-refractivity contribution is 7.90. The predicted molar refractivity (Wildman–Crippen MR) is 163 cm³/mol. The summed E-state index contributed by atoms with van der Waals surface area (Å²) in [5, 5.41) is 10.2. The van der Waals surface area contributed by atoms with Crippen molar-refractivity contribution in [3.63, 3.8) is 0 Å². The Morgan fingerprint density at radius 1 is 1.19 bits per heavy atom. The van der Waals surface area contributed by atoms with Gasteiger partial charge in [0, 0.05) is 36.2 Å². The van der Waals surface area contributed by atoms with E-state index in [0.717, 1.165) is 49.4 Å². The summed E-state index contributed by atoms with van der Waals surface area (Å²) in [7, 11) is -2.44. The smallest absolute Gasteiger partial charge is 0.264 e. The average Bonchev–Trinajstić information content (AvgIpc) is 3.10. The van der Waals surface area contributed by atoms with Crippen LogP contribution in [0.1, 0.15) is 60.5 Å². The van der Waals surface area contributed by atoms with E-state index in [1.165, 1.54) is 18.1 Å². The topological polar surface area (TPSA) is 105 Å². The molecule has 0 radical (unpaired) electrons. The zero-order chi connectivity index (χ0) is 29.6. The van der Waals surface area contributed by atoms with Crippen molar-refractivity contribution in [2.45, 2.75) is 68.3 Å². The molecule has 2 aromatic carbocycles. The van der Waals surface area contributed by atoms with Gasteiger partial charge in [-0.2, -0.15) is 0 Å². The molecule has 0 unspecified atom stereocenters. The van der Waals surface area contributed by atoms with E-state index in [-0.39, 0.29) is 29.4 Å². The molecule has 2 aliphatic heterocycles. The van der Waals surface area contributed by atoms with Gasteiger partial charge in [0.2, 0.25) is 10.0 Å². The molecule has 2 heterocycles. The van der Waals surface area contributed by atoms with Gasteiger partial charge in [0.05, 0.1) is 24.5 Å². The van der Waals surface area contributed by atoms with E-state index in [1.807, 2.05) is 12.1 Å². The maximum Gasteiger partial charge on any atom is 0.264 e. The third-order valence-corrected chi connectivity index (χ3v) is 11.9. The van der Waals surface area contributed by atoms with E-state index in [0.29, 0.717) is 24.8 Å². The number of aliphatic hydroxyl groups is 1. The number of sulfonamides is 1. The van der Waals surface area contributed by atoms with E-state index >= 15 is 0 Å². The summed E-state index contributed by atoms with van der Waals surface area (Å²) < 4.78 is 40.7. The minimum Gasteiger partial charge on any atom is -0.490 e. The number of aliphatic hydroxyl groups excluding tert-OH is 1. The highest BCUT2D eigenvalue weighted by Crippen LogP contribution is 2.47. The second kappa shape index (κ2) is 11.5. The molecule has 1 saturated carbocycles. The van der Waals surface area contributed by atoms with Crippen molar-refractivity contribution in [2.24, 2.45) is 11.8 Å². The maximum absolute atomic E-state index is 13.3. The Hall–Kier alpha value is -2.59. The van der Waals surface area contributed by atoms with Crippen LogP contribution in [0, 0.1) is 11.8 Å². The number of nitrogens with zero attached hydrogens (tertiary/aromatic N) is 1. The molecule has 8 nitrogen and oxygen atoms in total. The van der Waals surface area contributed by atoms with Gasteiger partial charge in [0.15, 0.2) is 0 Å². The SMILES string of the molecule is CO[C@H]1/C=C/C[C@H](O)[C@@H](C)S(=O)(=O)NC(=O)c2ccc3c(c2)N(C[C@@H]2CC[C@H]21)C[C@@]1(CCCc2cc(Cl)ccc21)CO3. The highest BCUT2D eigenvalue weighted by atomic mass is 35.5. The number of benzene rings is 2. The number of methoxy groups -OCH3 is 1. The zero-order valence-corrected chi connectivity index (χ0v) is 25.7. The lowest BCUT2D eigenvalue weighted by molar-refractivity contribution is 0.0130. The molecule has 2 aliphatic carbocycles. The van der Waals surface area contributed by atoms with Crippen LogP contribution in [0.5, 0.6) is 5.75 Å². The van der Waals surface area contributed by atoms with E-state index < -0.39 is 27.3 Å². The minimum absolute atomic E-state index is 0.141. The quantitative estimate of drug-likeness (QED) is 0.452. The molecule has 6 atom stereocenters. The van der Waals surface area contributed by atoms with E-state index in [1.54, 1.807) is 31.4 Å². The molecule has 2 N–H and O–H groups in total. The number of fused-ring (bicyclic) bond motifs is 4. The fraction of sp³-hybridized carbons (Fsp3) is 0.531. The lowest BCUT2D eigenvalue weighted by Gasteiger charge is -2.46. The molecule has 2 bridgehead atoms. The first-order valence-corrected chi connectivity index (χ1v) is 16.8. The molecule has 4 aliphatic rings. The minimum atomic E-state index is -4.13. The number of amides is 1. The van der Waals surface area contributed by atoms with E-state index in [2.05, 4.69) is 21.8 Å². The van der Waals surface area contributed by atoms with Crippen LogP contribution in [0.2, 0.25) is 5.02 Å². The Kier molecular flexibility index (Phi) is 8.06. The van der Waals surface area contributed by atoms with Gasteiger partial charge in [-0.15, -0.1) is 0 Å². The number of ether oxygens (including phenoxy) is 2. The molecule has 226 valence electrons. The van der Waals surface area contributed by atoms with Crippen molar-refractivity contribution in [2.75, 3.05) is 31.7 Å². The fourth-order valence-corrected chi connectivity index (χ4v) is 8.50. The van der Waals surface area contributed by atoms with Crippen molar-refractivity contribution in [1.82, 2.24) is 4.72 Å². The van der Waals surface area contributed by atoms with Gasteiger partial charge in [0.25, 0.3) is 5.91 Å². The Labute approximate surface area is 253 Å². The van der Waals surface area contributed by atoms with Crippen LogP contribution in [0.15, 0.2) is 48.6 Å². The molecule has 0 saturated heterocycles. The van der Waals surface area contributed by atoms with Crippen molar-refractivity contribution < 1.29 is 27.8 Å². The molecule has 6 rings (SSSR count). The van der Waals surface area contributed by atoms with Gasteiger partial charge in [-0.1, -0.05) is 29.8 Å². The molecule has 1 fully saturated rings. The van der Waals surface area contributed by atoms with Crippen LogP contribution in [-0.4, -0.2) is 63.7 Å². The fourth-order valence-electron chi connectivity index (χ4n) is 7.22. The number of halogens is 1. The molecule has 10 heteroatoms. The van der Waals surface area contributed by atoms with Crippen molar-refractivity contribution in [3.05, 3.63) is 70.3 Å². The molecular formula is C32H39ClN2O6S. The first-order chi connectivity index (χ1) is 20.1. The molecule has 1 amide bonds. The number of anilines is 1. The number of carbonyl (C=O) groups excluding carboxylic acids is 1. The van der Waals surface area contributed by atoms with Crippen LogP contribution in [-0.2, 0) is 26.6 Å². The maximum atomic E-state index is 13.3. The molecule has 1 spiro atoms. The van der Waals surface area contributed by atoms with Gasteiger partial charge < -0.3 is 19.5 Å². The summed E-state index contributed by atoms with van der Waals surface area (Å²) in [6.45, 7) is 3.37. The van der Waals surface area contributed by atoms with Crippen molar-refractivity contribution >= 4 is 33.2 Å². The van der Waals surface area contributed by atoms with Crippen LogP contribution < -0.4 is 14.4 Å². The predicted octanol–water partition coefficient (Wildman–Crippen LogP) is 4.62. The van der Waals surface area contributed by atoms with Gasteiger partial charge in [0.1, 0.15) is 11.0 Å². The van der Waals surface area contributed by atoms with Gasteiger partial charge >= 0.3 is 0 Å². The van der Waals surface area contributed by atoms with Gasteiger partial charge in [-0.3, -0.25) is 4.79 Å². The second-order valence-electron chi connectivity index (χ2n) is 12.4. The van der Waals surface area contributed by atoms with Gasteiger partial charge in [-0.05, 0) is 98.7 Å². The van der Waals surface area contributed by atoms with E-state index in [9.17, 15) is 18.3 Å². The van der Waals surface area contributed by atoms with Crippen LogP contribution in [0.4, 0.5) is 5.69 Å². The van der Waals surface area contributed by atoms with Crippen molar-refractivity contribution in [3.8, 4) is 5.75 Å². The Morgan fingerprint density at radius 3 is 2.79 bits per heavy atom. The summed E-state index contributed by atoms with van der Waals surface area (Å²) in [6, 6.07) is 11.3. The molecular weight excluding hydrogens is 576 g/mol. The lowest BCUT2D eigenvalue weighted by Crippen LogP contribution is -2.49. The number of hydrogen-bond acceptors (Lipinski definition) is 7. The Balaban J connectivity index is 1.43.